The van der Waals surface area contributed by atoms with E-state index >= 15 is 0 Å². The monoisotopic (exact) mass is 377 g/mol. The van der Waals surface area contributed by atoms with Crippen molar-refractivity contribution in [3.8, 4) is 0 Å². The average Bonchev–Trinajstić information content (AvgIpc) is 2.99. The van der Waals surface area contributed by atoms with Crippen LogP contribution in [0.25, 0.3) is 0 Å². The molecule has 3 heterocycles. The second kappa shape index (κ2) is 6.36. The van der Waals surface area contributed by atoms with Crippen LogP contribution in [0.15, 0.2) is 41.4 Å². The van der Waals surface area contributed by atoms with Crippen LogP contribution in [-0.2, 0) is 16.6 Å². The second-order valence-corrected chi connectivity index (χ2v) is 9.05. The predicted molar refractivity (Wildman–Crippen MR) is 97.1 cm³/mol. The molecule has 1 aromatic heterocycles. The molecule has 0 spiro atoms. The molecule has 4 rings (SSSR count). The molecule has 0 amide bonds. The van der Waals surface area contributed by atoms with Gasteiger partial charge in [0.2, 0.25) is 10.0 Å². The van der Waals surface area contributed by atoms with Crippen molar-refractivity contribution in [1.29, 1.82) is 0 Å². The zero-order chi connectivity index (χ0) is 17.6. The molecule has 2 aliphatic heterocycles. The first-order valence-electron chi connectivity index (χ1n) is 8.38. The van der Waals surface area contributed by atoms with Crippen molar-refractivity contribution in [3.05, 3.63) is 58.4 Å². The zero-order valence-corrected chi connectivity index (χ0v) is 15.5. The Labute approximate surface area is 153 Å². The minimum atomic E-state index is -3.63. The summed E-state index contributed by atoms with van der Waals surface area (Å²) in [4.78, 5) is 4.85. The van der Waals surface area contributed by atoms with Crippen LogP contribution in [0.5, 0.6) is 0 Å². The van der Waals surface area contributed by atoms with E-state index in [0.717, 1.165) is 24.3 Å². The predicted octanol–water partition coefficient (Wildman–Crippen LogP) is 2.55. The Morgan fingerprint density at radius 2 is 2.08 bits per heavy atom. The third-order valence-corrected chi connectivity index (χ3v) is 7.60. The number of hydrogen-bond donors (Lipinski definition) is 1. The molecule has 2 atom stereocenters. The maximum absolute atomic E-state index is 13.3. The molecule has 5 nitrogen and oxygen atoms in total. The highest BCUT2D eigenvalue weighted by atomic mass is 35.5. The molecule has 0 unspecified atom stereocenters. The van der Waals surface area contributed by atoms with Gasteiger partial charge in [0.05, 0.1) is 4.90 Å². The molecular formula is C18H20ClN3O2S. The van der Waals surface area contributed by atoms with E-state index in [1.54, 1.807) is 35.6 Å². The van der Waals surface area contributed by atoms with Gasteiger partial charge in [0.25, 0.3) is 0 Å². The Kier molecular flexibility index (Phi) is 4.32. The van der Waals surface area contributed by atoms with Gasteiger partial charge in [0, 0.05) is 42.5 Å². The van der Waals surface area contributed by atoms with Crippen LogP contribution in [0.3, 0.4) is 0 Å². The van der Waals surface area contributed by atoms with Gasteiger partial charge in [-0.2, -0.15) is 4.31 Å². The fourth-order valence-corrected chi connectivity index (χ4v) is 5.82. The number of rotatable bonds is 2. The summed E-state index contributed by atoms with van der Waals surface area (Å²) in [5, 5.41) is 3.85. The molecule has 0 bridgehead atoms. The van der Waals surface area contributed by atoms with Crippen molar-refractivity contribution in [2.75, 3.05) is 19.6 Å². The largest absolute Gasteiger partial charge is 0.316 e. The number of nitrogens with zero attached hydrogens (tertiary/aromatic N) is 2. The molecule has 1 aromatic carbocycles. The molecule has 0 aliphatic carbocycles. The number of fused-ring (bicyclic) bond motifs is 3. The maximum Gasteiger partial charge on any atom is 0.243 e. The number of nitrogens with one attached hydrogen (secondary N) is 1. The lowest BCUT2D eigenvalue weighted by molar-refractivity contribution is 0.349. The summed E-state index contributed by atoms with van der Waals surface area (Å²) in [6.07, 6.45) is 1.79. The molecule has 1 saturated heterocycles. The minimum Gasteiger partial charge on any atom is -0.316 e. The van der Waals surface area contributed by atoms with Gasteiger partial charge in [-0.25, -0.2) is 8.42 Å². The lowest BCUT2D eigenvalue weighted by Crippen LogP contribution is -2.35. The van der Waals surface area contributed by atoms with Crippen molar-refractivity contribution >= 4 is 21.6 Å². The van der Waals surface area contributed by atoms with E-state index in [4.69, 9.17) is 11.6 Å². The minimum absolute atomic E-state index is 0.227. The van der Waals surface area contributed by atoms with Gasteiger partial charge >= 0.3 is 0 Å². The van der Waals surface area contributed by atoms with Gasteiger partial charge in [0.1, 0.15) is 0 Å². The quantitative estimate of drug-likeness (QED) is 0.873. The van der Waals surface area contributed by atoms with Crippen molar-refractivity contribution in [3.63, 3.8) is 0 Å². The van der Waals surface area contributed by atoms with Gasteiger partial charge in [-0.05, 0) is 48.7 Å². The molecule has 25 heavy (non-hydrogen) atoms. The number of halogens is 1. The van der Waals surface area contributed by atoms with E-state index in [1.807, 2.05) is 12.1 Å². The lowest BCUT2D eigenvalue weighted by Gasteiger charge is -2.24. The summed E-state index contributed by atoms with van der Waals surface area (Å²) in [6.45, 7) is 4.25. The van der Waals surface area contributed by atoms with Crippen LogP contribution in [0.2, 0.25) is 5.02 Å². The van der Waals surface area contributed by atoms with Gasteiger partial charge in [0.15, 0.2) is 0 Å². The van der Waals surface area contributed by atoms with Gasteiger partial charge in [-0.3, -0.25) is 4.98 Å². The molecule has 2 aromatic rings. The van der Waals surface area contributed by atoms with E-state index in [0.29, 0.717) is 23.7 Å². The van der Waals surface area contributed by atoms with E-state index < -0.39 is 10.0 Å². The highest BCUT2D eigenvalue weighted by Crippen LogP contribution is 2.36. The fraction of sp³-hybridized carbons (Fsp3) is 0.389. The van der Waals surface area contributed by atoms with Crippen molar-refractivity contribution in [2.24, 2.45) is 5.92 Å². The molecule has 2 aliphatic rings. The number of pyridine rings is 1. The molecule has 1 N–H and O–H groups in total. The maximum atomic E-state index is 13.3. The zero-order valence-electron chi connectivity index (χ0n) is 13.9. The van der Waals surface area contributed by atoms with Crippen LogP contribution in [0.1, 0.15) is 22.7 Å². The average molecular weight is 378 g/mol. The molecule has 0 radical (unpaired) electrons. The van der Waals surface area contributed by atoms with Crippen LogP contribution < -0.4 is 5.32 Å². The normalized spacial score (nSPS) is 23.8. The van der Waals surface area contributed by atoms with Crippen molar-refractivity contribution in [1.82, 2.24) is 14.6 Å². The molecule has 132 valence electrons. The van der Waals surface area contributed by atoms with E-state index in [1.165, 1.54) is 0 Å². The third kappa shape index (κ3) is 2.87. The Morgan fingerprint density at radius 1 is 1.24 bits per heavy atom. The lowest BCUT2D eigenvalue weighted by atomic mass is 9.91. The smallest absolute Gasteiger partial charge is 0.243 e. The Morgan fingerprint density at radius 3 is 2.92 bits per heavy atom. The van der Waals surface area contributed by atoms with E-state index in [9.17, 15) is 8.42 Å². The number of sulfonamides is 1. The highest BCUT2D eigenvalue weighted by molar-refractivity contribution is 7.89. The molecular weight excluding hydrogens is 358 g/mol. The van der Waals surface area contributed by atoms with Crippen LogP contribution in [0, 0.1) is 12.8 Å². The summed E-state index contributed by atoms with van der Waals surface area (Å²) in [6, 6.07) is 8.90. The Balaban J connectivity index is 1.79. The van der Waals surface area contributed by atoms with Crippen molar-refractivity contribution in [2.45, 2.75) is 24.3 Å². The molecule has 0 saturated carbocycles. The standard InChI is InChI=1S/C18H20ClN3O2S/c1-12-16(19)5-2-6-17(12)25(23,24)22-10-13-4-3-7-21-18(13)15-9-20-8-14(15)11-22/h2-7,14-15,20H,8-11H2,1H3/t14-,15+/m0/s1. The number of hydrogen-bond acceptors (Lipinski definition) is 4. The van der Waals surface area contributed by atoms with Crippen LogP contribution >= 0.6 is 11.6 Å². The fourth-order valence-electron chi connectivity index (χ4n) is 3.87. The second-order valence-electron chi connectivity index (χ2n) is 6.73. The topological polar surface area (TPSA) is 62.3 Å². The summed E-state index contributed by atoms with van der Waals surface area (Å²) in [5.41, 5.74) is 2.61. The van der Waals surface area contributed by atoms with E-state index in [-0.39, 0.29) is 16.7 Å². The first-order valence-corrected chi connectivity index (χ1v) is 10.2. The number of benzene rings is 1. The van der Waals surface area contributed by atoms with Gasteiger partial charge in [-0.1, -0.05) is 23.7 Å². The van der Waals surface area contributed by atoms with Gasteiger partial charge in [-0.15, -0.1) is 0 Å². The summed E-state index contributed by atoms with van der Waals surface area (Å²) < 4.78 is 28.3. The Bertz CT molecular complexity index is 916. The summed E-state index contributed by atoms with van der Waals surface area (Å²) in [5.74, 6) is 0.488. The molecule has 7 heteroatoms. The number of aromatic nitrogens is 1. The summed E-state index contributed by atoms with van der Waals surface area (Å²) >= 11 is 6.16. The van der Waals surface area contributed by atoms with Crippen LogP contribution in [0.4, 0.5) is 0 Å². The third-order valence-electron chi connectivity index (χ3n) is 5.24. The Hall–Kier alpha value is -1.47. The SMILES string of the molecule is Cc1c(Cl)cccc1S(=O)(=O)N1Cc2cccnc2[C@@H]2CNC[C@H]2C1. The summed E-state index contributed by atoms with van der Waals surface area (Å²) in [7, 11) is -3.63. The highest BCUT2D eigenvalue weighted by Gasteiger charge is 2.39. The van der Waals surface area contributed by atoms with E-state index in [2.05, 4.69) is 10.3 Å². The first kappa shape index (κ1) is 17.0. The van der Waals surface area contributed by atoms with Crippen LogP contribution in [-0.4, -0.2) is 37.3 Å². The van der Waals surface area contributed by atoms with Gasteiger partial charge < -0.3 is 5.32 Å². The van der Waals surface area contributed by atoms with Crippen molar-refractivity contribution < 1.29 is 8.42 Å². The first-order chi connectivity index (χ1) is 12.0. The molecule has 1 fully saturated rings.